The lowest BCUT2D eigenvalue weighted by molar-refractivity contribution is -0.137. The molecule has 1 aliphatic rings. The molecule has 11 heteroatoms. The normalized spacial score (nSPS) is 19.2. The van der Waals surface area contributed by atoms with Crippen LogP contribution in [0.3, 0.4) is 0 Å². The number of aromatic nitrogens is 4. The van der Waals surface area contributed by atoms with Crippen molar-refractivity contribution in [1.29, 1.82) is 0 Å². The van der Waals surface area contributed by atoms with Gasteiger partial charge in [-0.15, -0.1) is 0 Å². The van der Waals surface area contributed by atoms with E-state index < -0.39 is 11.7 Å². The molecule has 1 aliphatic carbocycles. The number of nitrogens with two attached hydrogens (primary N) is 1. The van der Waals surface area contributed by atoms with Crippen LogP contribution in [0.25, 0.3) is 11.2 Å². The van der Waals surface area contributed by atoms with Crippen LogP contribution in [0.4, 0.5) is 30.8 Å². The lowest BCUT2D eigenvalue weighted by Gasteiger charge is -2.29. The highest BCUT2D eigenvalue weighted by Gasteiger charge is 2.31. The van der Waals surface area contributed by atoms with Gasteiger partial charge in [0.1, 0.15) is 5.52 Å². The molecule has 0 radical (unpaired) electrons. The Balaban J connectivity index is 1.71. The van der Waals surface area contributed by atoms with E-state index in [9.17, 15) is 18.0 Å². The third-order valence-corrected chi connectivity index (χ3v) is 5.85. The Morgan fingerprint density at radius 2 is 1.71 bits per heavy atom. The zero-order valence-corrected chi connectivity index (χ0v) is 19.3. The molecule has 2 heterocycles. The average Bonchev–Trinajstić information content (AvgIpc) is 3.09. The summed E-state index contributed by atoms with van der Waals surface area (Å²) in [7, 11) is 0. The molecular weight excluding hydrogens is 447 g/mol. The van der Waals surface area contributed by atoms with Gasteiger partial charge in [0.2, 0.25) is 17.8 Å². The van der Waals surface area contributed by atoms with Crippen molar-refractivity contribution in [3.8, 4) is 0 Å². The molecule has 0 unspecified atom stereocenters. The van der Waals surface area contributed by atoms with Crippen LogP contribution in [-0.2, 0) is 11.0 Å². The maximum atomic E-state index is 12.9. The molecule has 0 atom stereocenters. The van der Waals surface area contributed by atoms with Gasteiger partial charge in [-0.05, 0) is 70.7 Å². The number of hydrogen-bond acceptors (Lipinski definition) is 6. The predicted molar refractivity (Wildman–Crippen MR) is 124 cm³/mol. The van der Waals surface area contributed by atoms with Crippen molar-refractivity contribution in [3.05, 3.63) is 36.0 Å². The summed E-state index contributed by atoms with van der Waals surface area (Å²) >= 11 is 0. The van der Waals surface area contributed by atoms with Gasteiger partial charge < -0.3 is 16.4 Å². The highest BCUT2D eigenvalue weighted by Crippen LogP contribution is 2.37. The Hall–Kier alpha value is -3.37. The molecule has 1 fully saturated rings. The summed E-state index contributed by atoms with van der Waals surface area (Å²) in [6, 6.07) is 4.79. The van der Waals surface area contributed by atoms with Crippen molar-refractivity contribution < 1.29 is 18.0 Å². The number of imidazole rings is 1. The highest BCUT2D eigenvalue weighted by molar-refractivity contribution is 5.78. The molecule has 0 aliphatic heterocycles. The molecule has 4 rings (SSSR count). The maximum Gasteiger partial charge on any atom is 0.416 e. The first-order chi connectivity index (χ1) is 15.9. The van der Waals surface area contributed by atoms with Gasteiger partial charge in [0.25, 0.3) is 0 Å². The fourth-order valence-corrected chi connectivity index (χ4v) is 4.21. The van der Waals surface area contributed by atoms with Crippen molar-refractivity contribution in [2.75, 3.05) is 10.6 Å². The molecule has 182 valence electrons. The third-order valence-electron chi connectivity index (χ3n) is 5.85. The Morgan fingerprint density at radius 3 is 2.26 bits per heavy atom. The lowest BCUT2D eigenvalue weighted by atomic mass is 9.85. The van der Waals surface area contributed by atoms with Crippen LogP contribution in [0.1, 0.15) is 58.1 Å². The van der Waals surface area contributed by atoms with Gasteiger partial charge >= 0.3 is 6.18 Å². The summed E-state index contributed by atoms with van der Waals surface area (Å²) in [6.07, 6.45) is -0.0780. The largest absolute Gasteiger partial charge is 0.416 e. The predicted octanol–water partition coefficient (Wildman–Crippen LogP) is 5.02. The number of rotatable bonds is 5. The number of primary amides is 1. The molecule has 1 aromatic carbocycles. The summed E-state index contributed by atoms with van der Waals surface area (Å²) in [5.74, 6) is 0.452. The van der Waals surface area contributed by atoms with Crippen molar-refractivity contribution in [2.45, 2.75) is 64.2 Å². The van der Waals surface area contributed by atoms with E-state index in [0.29, 0.717) is 54.4 Å². The minimum Gasteiger partial charge on any atom is -0.369 e. The minimum atomic E-state index is -4.41. The van der Waals surface area contributed by atoms with Gasteiger partial charge in [-0.1, -0.05) is 0 Å². The van der Waals surface area contributed by atoms with E-state index in [1.165, 1.54) is 12.1 Å². The number of hydrogen-bond donors (Lipinski definition) is 3. The standard InChI is InChI=1S/C23H28F3N7O/c1-22(2,3)32-20-28-12-17-19(31-20)33(16-10-4-13(5-11-16)18(27)34)21(30-17)29-15-8-6-14(7-9-15)23(24,25)26/h6-9,12-13,16H,4-5,10-11H2,1-3H3,(H2,27,34)(H,29,30)(H,28,31,32)/t13-,16-. The number of nitrogens with one attached hydrogen (secondary N) is 2. The topological polar surface area (TPSA) is 111 Å². The molecule has 0 spiro atoms. The van der Waals surface area contributed by atoms with E-state index in [4.69, 9.17) is 10.7 Å². The second-order valence-electron chi connectivity index (χ2n) is 9.69. The number of amides is 1. The number of anilines is 3. The van der Waals surface area contributed by atoms with Crippen molar-refractivity contribution in [3.63, 3.8) is 0 Å². The third kappa shape index (κ3) is 5.23. The molecule has 34 heavy (non-hydrogen) atoms. The SMILES string of the molecule is CC(C)(C)Nc1ncc2nc(Nc3ccc(C(F)(F)F)cc3)n([C@H]3CC[C@H](C(N)=O)CC3)c2n1. The Morgan fingerprint density at radius 1 is 1.06 bits per heavy atom. The van der Waals surface area contributed by atoms with E-state index in [2.05, 4.69) is 20.6 Å². The molecule has 0 saturated heterocycles. The number of carbonyl (C=O) groups excluding carboxylic acids is 1. The summed E-state index contributed by atoms with van der Waals surface area (Å²) in [4.78, 5) is 25.3. The van der Waals surface area contributed by atoms with Crippen LogP contribution < -0.4 is 16.4 Å². The summed E-state index contributed by atoms with van der Waals surface area (Å²) in [6.45, 7) is 6.00. The molecule has 4 N–H and O–H groups in total. The van der Waals surface area contributed by atoms with Crippen molar-refractivity contribution in [1.82, 2.24) is 19.5 Å². The summed E-state index contributed by atoms with van der Waals surface area (Å²) in [5.41, 5.74) is 6.16. The number of fused-ring (bicyclic) bond motifs is 1. The second-order valence-corrected chi connectivity index (χ2v) is 9.69. The van der Waals surface area contributed by atoms with E-state index in [0.717, 1.165) is 12.1 Å². The molecule has 1 saturated carbocycles. The van der Waals surface area contributed by atoms with Crippen molar-refractivity contribution in [2.24, 2.45) is 11.7 Å². The van der Waals surface area contributed by atoms with Gasteiger partial charge in [-0.3, -0.25) is 9.36 Å². The Kier molecular flexibility index (Phi) is 6.13. The smallest absolute Gasteiger partial charge is 0.369 e. The van der Waals surface area contributed by atoms with Gasteiger partial charge in [0.15, 0.2) is 5.65 Å². The van der Waals surface area contributed by atoms with Crippen LogP contribution in [-0.4, -0.2) is 31.0 Å². The van der Waals surface area contributed by atoms with E-state index in [1.54, 1.807) is 6.20 Å². The lowest BCUT2D eigenvalue weighted by Crippen LogP contribution is -2.29. The van der Waals surface area contributed by atoms with Crippen LogP contribution in [0.5, 0.6) is 0 Å². The van der Waals surface area contributed by atoms with Crippen LogP contribution in [0, 0.1) is 5.92 Å². The number of halogens is 3. The van der Waals surface area contributed by atoms with Gasteiger partial charge in [0, 0.05) is 23.2 Å². The van der Waals surface area contributed by atoms with Gasteiger partial charge in [-0.25, -0.2) is 9.97 Å². The van der Waals surface area contributed by atoms with E-state index in [1.807, 2.05) is 25.3 Å². The fourth-order valence-electron chi connectivity index (χ4n) is 4.21. The zero-order valence-electron chi connectivity index (χ0n) is 19.3. The first-order valence-electron chi connectivity index (χ1n) is 11.2. The zero-order chi connectivity index (χ0) is 24.7. The summed E-state index contributed by atoms with van der Waals surface area (Å²) in [5, 5.41) is 6.40. The van der Waals surface area contributed by atoms with E-state index in [-0.39, 0.29) is 23.4 Å². The van der Waals surface area contributed by atoms with Crippen molar-refractivity contribution >= 4 is 34.7 Å². The number of alkyl halides is 3. The number of benzene rings is 1. The fraction of sp³-hybridized carbons (Fsp3) is 0.478. The minimum absolute atomic E-state index is 0.00469. The molecule has 2 aromatic heterocycles. The van der Waals surface area contributed by atoms with E-state index >= 15 is 0 Å². The molecule has 1 amide bonds. The quantitative estimate of drug-likeness (QED) is 0.478. The number of carbonyl (C=O) groups is 1. The van der Waals surface area contributed by atoms with Crippen LogP contribution >= 0.6 is 0 Å². The number of nitrogens with zero attached hydrogens (tertiary/aromatic N) is 4. The molecule has 3 aromatic rings. The average molecular weight is 476 g/mol. The first-order valence-corrected chi connectivity index (χ1v) is 11.2. The Bertz CT molecular complexity index is 1170. The summed E-state index contributed by atoms with van der Waals surface area (Å²) < 4.78 is 40.8. The first kappa shape index (κ1) is 23.8. The molecule has 8 nitrogen and oxygen atoms in total. The van der Waals surface area contributed by atoms with Crippen LogP contribution in [0.2, 0.25) is 0 Å². The maximum absolute atomic E-state index is 12.9. The van der Waals surface area contributed by atoms with Gasteiger partial charge in [0.05, 0.1) is 11.8 Å². The molecular formula is C23H28F3N7O. The van der Waals surface area contributed by atoms with Gasteiger partial charge in [-0.2, -0.15) is 18.2 Å². The monoisotopic (exact) mass is 475 g/mol. The second kappa shape index (κ2) is 8.77. The Labute approximate surface area is 195 Å². The molecule has 0 bridgehead atoms. The highest BCUT2D eigenvalue weighted by atomic mass is 19.4. The van der Waals surface area contributed by atoms with Crippen LogP contribution in [0.15, 0.2) is 30.5 Å².